The van der Waals surface area contributed by atoms with Crippen molar-refractivity contribution >= 4 is 43.9 Å². The fraction of sp³-hybridized carbons (Fsp3) is 0.0143. The molecule has 0 bridgehead atoms. The Morgan fingerprint density at radius 2 is 0.693 bits per heavy atom. The number of hydrogen-bond donors (Lipinski definition) is 0. The first-order valence-corrected chi connectivity index (χ1v) is 25.5. The summed E-state index contributed by atoms with van der Waals surface area (Å²) in [7, 11) is 0. The number of furan rings is 2. The minimum atomic E-state index is -0.411. The van der Waals surface area contributed by atoms with Crippen LogP contribution in [0.1, 0.15) is 22.3 Å². The van der Waals surface area contributed by atoms with Crippen LogP contribution in [0.4, 0.5) is 0 Å². The zero-order valence-electron chi connectivity index (χ0n) is 40.3. The van der Waals surface area contributed by atoms with Crippen LogP contribution >= 0.6 is 0 Å². The highest BCUT2D eigenvalue weighted by molar-refractivity contribution is 6.14. The molecule has 0 radical (unpaired) electrons. The van der Waals surface area contributed by atoms with Gasteiger partial charge in [0.25, 0.3) is 0 Å². The van der Waals surface area contributed by atoms with E-state index in [2.05, 4.69) is 200 Å². The van der Waals surface area contributed by atoms with E-state index < -0.39 is 5.41 Å². The summed E-state index contributed by atoms with van der Waals surface area (Å²) in [5, 5.41) is 3.90. The molecule has 0 amide bonds. The van der Waals surface area contributed by atoms with Crippen molar-refractivity contribution in [3.05, 3.63) is 271 Å². The lowest BCUT2D eigenvalue weighted by molar-refractivity contribution is 0.668. The van der Waals surface area contributed by atoms with Crippen LogP contribution in [0.3, 0.4) is 0 Å². The first-order chi connectivity index (χ1) is 37.2. The summed E-state index contributed by atoms with van der Waals surface area (Å²) in [5.74, 6) is 1.68. The Morgan fingerprint density at radius 3 is 1.41 bits per heavy atom. The van der Waals surface area contributed by atoms with Gasteiger partial charge in [-0.05, 0) is 114 Å². The van der Waals surface area contributed by atoms with Crippen molar-refractivity contribution in [2.75, 3.05) is 0 Å². The second-order valence-corrected chi connectivity index (χ2v) is 19.7. The van der Waals surface area contributed by atoms with E-state index in [1.54, 1.807) is 0 Å². The summed E-state index contributed by atoms with van der Waals surface area (Å²) in [6.45, 7) is 0. The zero-order valence-corrected chi connectivity index (χ0v) is 40.3. The highest BCUT2D eigenvalue weighted by atomic mass is 16.3. The molecule has 0 N–H and O–H groups in total. The smallest absolute Gasteiger partial charge is 0.164 e. The van der Waals surface area contributed by atoms with Gasteiger partial charge in [-0.1, -0.05) is 212 Å². The van der Waals surface area contributed by atoms with Gasteiger partial charge >= 0.3 is 0 Å². The number of aromatic nitrogens is 3. The molecule has 5 nitrogen and oxygen atoms in total. The molecule has 14 aromatic rings. The molecule has 1 spiro atoms. The van der Waals surface area contributed by atoms with Crippen LogP contribution < -0.4 is 0 Å². The number of para-hydroxylation sites is 1. The summed E-state index contributed by atoms with van der Waals surface area (Å²) in [6, 6.07) is 88.7. The number of fused-ring (bicyclic) bond motifs is 16. The quantitative estimate of drug-likeness (QED) is 0.166. The molecule has 11 aromatic carbocycles. The molecule has 0 saturated carbocycles. The minimum absolute atomic E-state index is 0.411. The number of nitrogens with zero attached hydrogens (tertiary/aromatic N) is 3. The highest BCUT2D eigenvalue weighted by Gasteiger charge is 2.52. The van der Waals surface area contributed by atoms with Gasteiger partial charge in [0.05, 0.1) is 5.41 Å². The van der Waals surface area contributed by atoms with Crippen LogP contribution in [0.15, 0.2) is 258 Å². The van der Waals surface area contributed by atoms with Gasteiger partial charge in [-0.25, -0.2) is 15.0 Å². The van der Waals surface area contributed by atoms with E-state index in [4.69, 9.17) is 23.8 Å². The van der Waals surface area contributed by atoms with E-state index in [9.17, 15) is 0 Å². The van der Waals surface area contributed by atoms with Gasteiger partial charge in [0.2, 0.25) is 0 Å². The van der Waals surface area contributed by atoms with E-state index in [1.807, 2.05) is 48.5 Å². The van der Waals surface area contributed by atoms with Crippen molar-refractivity contribution in [3.8, 4) is 89.8 Å². The molecule has 0 atom stereocenters. The lowest BCUT2D eigenvalue weighted by Gasteiger charge is -2.30. The zero-order chi connectivity index (χ0) is 49.2. The molecule has 3 heterocycles. The third-order valence-corrected chi connectivity index (χ3v) is 15.8. The van der Waals surface area contributed by atoms with Gasteiger partial charge in [-0.2, -0.15) is 0 Å². The standard InChI is InChI=1S/C70H41N3O2/c1-2-16-42(17-3-1)43-34-36-44(37-35-43)67-71-68(53-25-14-32-62-65(53)52-23-7-11-31-60(52)74-62)73-69(72-67)54-26-15-33-63-66(54)55-41-46(38-39-61(55)75-63)45-18-12-19-47(40-45)48-24-13-30-59-64(48)51-22-6-10-29-58(51)70(59)56-27-8-4-20-49(56)50-21-5-9-28-57(50)70/h1-41H. The average molecular weight is 956 g/mol. The monoisotopic (exact) mass is 955 g/mol. The summed E-state index contributed by atoms with van der Waals surface area (Å²) in [4.78, 5) is 15.9. The van der Waals surface area contributed by atoms with Gasteiger partial charge in [0.1, 0.15) is 22.3 Å². The van der Waals surface area contributed by atoms with Gasteiger partial charge < -0.3 is 8.83 Å². The normalized spacial score (nSPS) is 12.9. The Morgan fingerprint density at radius 1 is 0.253 bits per heavy atom. The Labute approximate surface area is 431 Å². The van der Waals surface area contributed by atoms with Crippen LogP contribution in [-0.4, -0.2) is 15.0 Å². The summed E-state index contributed by atoms with van der Waals surface area (Å²) in [5.41, 5.74) is 22.7. The second-order valence-electron chi connectivity index (χ2n) is 19.7. The van der Waals surface area contributed by atoms with Crippen LogP contribution in [0.2, 0.25) is 0 Å². The van der Waals surface area contributed by atoms with Crippen molar-refractivity contribution in [1.29, 1.82) is 0 Å². The third-order valence-electron chi connectivity index (χ3n) is 15.8. The lowest BCUT2D eigenvalue weighted by Crippen LogP contribution is -2.25. The first kappa shape index (κ1) is 41.6. The Hall–Kier alpha value is -9.97. The van der Waals surface area contributed by atoms with Gasteiger partial charge in [0, 0.05) is 38.2 Å². The fourth-order valence-electron chi connectivity index (χ4n) is 12.6. The summed E-state index contributed by atoms with van der Waals surface area (Å²) < 4.78 is 13.0. The van der Waals surface area contributed by atoms with Crippen molar-refractivity contribution in [2.45, 2.75) is 5.41 Å². The lowest BCUT2D eigenvalue weighted by atomic mass is 9.70. The van der Waals surface area contributed by atoms with Crippen molar-refractivity contribution in [3.63, 3.8) is 0 Å². The molecule has 2 aliphatic carbocycles. The first-order valence-electron chi connectivity index (χ1n) is 25.5. The van der Waals surface area contributed by atoms with Gasteiger partial charge in [0.15, 0.2) is 17.5 Å². The largest absolute Gasteiger partial charge is 0.456 e. The fourth-order valence-corrected chi connectivity index (χ4v) is 12.6. The maximum absolute atomic E-state index is 6.67. The topological polar surface area (TPSA) is 65.0 Å². The molecule has 2 aliphatic rings. The summed E-state index contributed by atoms with van der Waals surface area (Å²) in [6.07, 6.45) is 0. The average Bonchev–Trinajstić information content (AvgIpc) is 4.23. The molecule has 0 saturated heterocycles. The maximum Gasteiger partial charge on any atom is 0.164 e. The van der Waals surface area contributed by atoms with E-state index in [-0.39, 0.29) is 0 Å². The number of benzene rings is 11. The predicted molar refractivity (Wildman–Crippen MR) is 303 cm³/mol. The molecular formula is C70H41N3O2. The molecule has 16 rings (SSSR count). The molecule has 0 unspecified atom stereocenters. The van der Waals surface area contributed by atoms with Crippen LogP contribution in [0.25, 0.3) is 134 Å². The minimum Gasteiger partial charge on any atom is -0.456 e. The third kappa shape index (κ3) is 6.10. The maximum atomic E-state index is 6.67. The van der Waals surface area contributed by atoms with E-state index in [0.29, 0.717) is 17.5 Å². The molecule has 348 valence electrons. The van der Waals surface area contributed by atoms with Crippen LogP contribution in [0.5, 0.6) is 0 Å². The van der Waals surface area contributed by atoms with Crippen molar-refractivity contribution < 1.29 is 8.83 Å². The van der Waals surface area contributed by atoms with E-state index >= 15 is 0 Å². The number of hydrogen-bond acceptors (Lipinski definition) is 5. The molecule has 5 heteroatoms. The number of rotatable bonds is 6. The molecule has 75 heavy (non-hydrogen) atoms. The van der Waals surface area contributed by atoms with E-state index in [1.165, 1.54) is 50.1 Å². The second kappa shape index (κ2) is 16.0. The van der Waals surface area contributed by atoms with Crippen LogP contribution in [-0.2, 0) is 5.41 Å². The SMILES string of the molecule is c1ccc(-c2ccc(-c3nc(-c4cccc5oc6ccccc6c45)nc(-c4cccc5oc6ccc(-c7cccc(-c8cccc9c8-c8ccccc8C98c9ccccc9-c9ccccc98)c7)cc6c45)n3)cc2)cc1. The molecule has 3 aromatic heterocycles. The Balaban J connectivity index is 0.850. The van der Waals surface area contributed by atoms with E-state index in [0.717, 1.165) is 88.4 Å². The van der Waals surface area contributed by atoms with Crippen molar-refractivity contribution in [1.82, 2.24) is 15.0 Å². The summed E-state index contributed by atoms with van der Waals surface area (Å²) >= 11 is 0. The molecular weight excluding hydrogens is 915 g/mol. The van der Waals surface area contributed by atoms with Gasteiger partial charge in [-0.15, -0.1) is 0 Å². The Bertz CT molecular complexity index is 4620. The highest BCUT2D eigenvalue weighted by Crippen LogP contribution is 2.64. The molecule has 0 fully saturated rings. The van der Waals surface area contributed by atoms with Crippen LogP contribution in [0, 0.1) is 0 Å². The predicted octanol–water partition coefficient (Wildman–Crippen LogP) is 18.0. The van der Waals surface area contributed by atoms with Crippen molar-refractivity contribution in [2.24, 2.45) is 0 Å². The Kier molecular flexibility index (Phi) is 8.89. The molecule has 0 aliphatic heterocycles. The van der Waals surface area contributed by atoms with Gasteiger partial charge in [-0.3, -0.25) is 0 Å².